The van der Waals surface area contributed by atoms with Crippen molar-refractivity contribution in [3.05, 3.63) is 46.4 Å². The molecule has 0 aliphatic carbocycles. The van der Waals surface area contributed by atoms with Crippen molar-refractivity contribution in [1.29, 1.82) is 0 Å². The third-order valence-corrected chi connectivity index (χ3v) is 4.49. The second-order valence-corrected chi connectivity index (χ2v) is 6.86. The molecule has 160 valence electrons. The number of carbonyl (C=O) groups excluding carboxylic acids is 2. The highest BCUT2D eigenvalue weighted by Crippen LogP contribution is 2.36. The molecular weight excluding hydrogens is 454 g/mol. The molecule has 0 bridgehead atoms. The molecule has 0 heterocycles. The van der Waals surface area contributed by atoms with Crippen molar-refractivity contribution in [2.45, 2.75) is 19.8 Å². The van der Waals surface area contributed by atoms with Gasteiger partial charge in [-0.1, -0.05) is 12.1 Å². The van der Waals surface area contributed by atoms with Crippen molar-refractivity contribution < 1.29 is 23.8 Å². The van der Waals surface area contributed by atoms with Crippen LogP contribution in [0.2, 0.25) is 0 Å². The molecule has 0 radical (unpaired) electrons. The lowest BCUT2D eigenvalue weighted by Crippen LogP contribution is -2.20. The number of benzene rings is 2. The van der Waals surface area contributed by atoms with E-state index in [1.165, 1.54) is 13.3 Å². The van der Waals surface area contributed by atoms with Crippen LogP contribution in [0.5, 0.6) is 17.2 Å². The van der Waals surface area contributed by atoms with E-state index in [4.69, 9.17) is 14.2 Å². The molecule has 9 heteroatoms. The van der Waals surface area contributed by atoms with Gasteiger partial charge < -0.3 is 19.5 Å². The highest BCUT2D eigenvalue weighted by Gasteiger charge is 2.11. The van der Waals surface area contributed by atoms with Crippen molar-refractivity contribution in [2.75, 3.05) is 26.1 Å². The van der Waals surface area contributed by atoms with Crippen LogP contribution in [-0.2, 0) is 9.59 Å². The fourth-order valence-corrected chi connectivity index (χ4v) is 3.10. The van der Waals surface area contributed by atoms with E-state index in [0.717, 1.165) is 0 Å². The maximum Gasteiger partial charge on any atom is 0.240 e. The second-order valence-electron chi connectivity index (χ2n) is 6.01. The summed E-state index contributed by atoms with van der Waals surface area (Å²) in [5.74, 6) is 1.03. The van der Waals surface area contributed by atoms with E-state index in [-0.39, 0.29) is 24.7 Å². The first-order valence-corrected chi connectivity index (χ1v) is 10.0. The van der Waals surface area contributed by atoms with Gasteiger partial charge in [-0.3, -0.25) is 9.59 Å². The first kappa shape index (κ1) is 23.2. The van der Waals surface area contributed by atoms with Gasteiger partial charge in [-0.25, -0.2) is 5.43 Å². The van der Waals surface area contributed by atoms with Gasteiger partial charge in [0.15, 0.2) is 11.5 Å². The number of hydrogen-bond donors (Lipinski definition) is 2. The second kappa shape index (κ2) is 11.8. The van der Waals surface area contributed by atoms with Gasteiger partial charge in [0.25, 0.3) is 0 Å². The smallest absolute Gasteiger partial charge is 0.240 e. The summed E-state index contributed by atoms with van der Waals surface area (Å²) < 4.78 is 16.7. The van der Waals surface area contributed by atoms with Crippen LogP contribution < -0.4 is 25.0 Å². The predicted octanol–water partition coefficient (Wildman–Crippen LogP) is 3.73. The molecule has 2 amide bonds. The van der Waals surface area contributed by atoms with E-state index in [0.29, 0.717) is 39.6 Å². The van der Waals surface area contributed by atoms with Crippen LogP contribution >= 0.6 is 15.9 Å². The fraction of sp³-hybridized carbons (Fsp3) is 0.286. The summed E-state index contributed by atoms with van der Waals surface area (Å²) in [4.78, 5) is 24.0. The molecular formula is C21H24BrN3O5. The molecule has 0 aliphatic heterocycles. The molecule has 0 saturated heterocycles. The molecule has 8 nitrogen and oxygen atoms in total. The van der Waals surface area contributed by atoms with Crippen LogP contribution in [0.1, 0.15) is 25.3 Å². The van der Waals surface area contributed by atoms with Crippen LogP contribution in [0.4, 0.5) is 5.69 Å². The maximum absolute atomic E-state index is 12.1. The van der Waals surface area contributed by atoms with Crippen LogP contribution in [0.15, 0.2) is 46.0 Å². The molecule has 2 rings (SSSR count). The monoisotopic (exact) mass is 477 g/mol. The van der Waals surface area contributed by atoms with Crippen LogP contribution in [0, 0.1) is 0 Å². The van der Waals surface area contributed by atoms with Gasteiger partial charge in [0.2, 0.25) is 11.8 Å². The Morgan fingerprint density at radius 2 is 1.77 bits per heavy atom. The van der Waals surface area contributed by atoms with E-state index in [1.54, 1.807) is 43.5 Å². The molecule has 0 spiro atoms. The zero-order valence-corrected chi connectivity index (χ0v) is 18.6. The zero-order valence-electron chi connectivity index (χ0n) is 17.0. The topological polar surface area (TPSA) is 98.2 Å². The van der Waals surface area contributed by atoms with Gasteiger partial charge in [0.05, 0.1) is 37.2 Å². The summed E-state index contributed by atoms with van der Waals surface area (Å²) in [6.45, 7) is 2.39. The molecule has 0 fully saturated rings. The van der Waals surface area contributed by atoms with Crippen molar-refractivity contribution in [2.24, 2.45) is 5.10 Å². The molecule has 0 atom stereocenters. The molecule has 2 N–H and O–H groups in total. The Morgan fingerprint density at radius 3 is 2.47 bits per heavy atom. The third-order valence-electron chi connectivity index (χ3n) is 3.90. The number of hydrogen-bond acceptors (Lipinski definition) is 6. The highest BCUT2D eigenvalue weighted by molar-refractivity contribution is 9.10. The first-order valence-electron chi connectivity index (χ1n) is 9.23. The van der Waals surface area contributed by atoms with Crippen molar-refractivity contribution in [3.8, 4) is 17.2 Å². The number of para-hydroxylation sites is 2. The average Bonchev–Trinajstić information content (AvgIpc) is 2.74. The Labute approximate surface area is 183 Å². The van der Waals surface area contributed by atoms with Crippen molar-refractivity contribution in [1.82, 2.24) is 5.43 Å². The molecule has 0 aliphatic rings. The van der Waals surface area contributed by atoms with Crippen molar-refractivity contribution in [3.63, 3.8) is 0 Å². The number of halogens is 1. The van der Waals surface area contributed by atoms with E-state index in [1.807, 2.05) is 6.92 Å². The first-order chi connectivity index (χ1) is 14.5. The number of hydrazone groups is 1. The lowest BCUT2D eigenvalue weighted by atomic mass is 10.2. The summed E-state index contributed by atoms with van der Waals surface area (Å²) in [7, 11) is 3.07. The number of nitrogens with one attached hydrogen (secondary N) is 2. The Kier molecular flexibility index (Phi) is 9.14. The van der Waals surface area contributed by atoms with E-state index < -0.39 is 0 Å². The fourth-order valence-electron chi connectivity index (χ4n) is 2.52. The van der Waals surface area contributed by atoms with Gasteiger partial charge in [0.1, 0.15) is 5.75 Å². The SMILES string of the molecule is CCOc1c(Br)cc(C=NNC(=O)CCC(=O)Nc2ccccc2OC)cc1OC. The number of carbonyl (C=O) groups is 2. The number of nitrogens with zero attached hydrogens (tertiary/aromatic N) is 1. The summed E-state index contributed by atoms with van der Waals surface area (Å²) >= 11 is 3.43. The number of amides is 2. The lowest BCUT2D eigenvalue weighted by molar-refractivity contribution is -0.124. The minimum absolute atomic E-state index is 0.00534. The standard InChI is InChI=1S/C21H24BrN3O5/c1-4-30-21-15(22)11-14(12-18(21)29-3)13-23-25-20(27)10-9-19(26)24-16-7-5-6-8-17(16)28-2/h5-8,11-13H,4,9-10H2,1-3H3,(H,24,26)(H,25,27). The van der Waals surface area contributed by atoms with E-state index in [2.05, 4.69) is 31.8 Å². The number of anilines is 1. The zero-order chi connectivity index (χ0) is 21.9. The quantitative estimate of drug-likeness (QED) is 0.401. The van der Waals surface area contributed by atoms with Gasteiger partial charge in [-0.2, -0.15) is 5.10 Å². The van der Waals surface area contributed by atoms with E-state index in [9.17, 15) is 9.59 Å². The molecule has 0 unspecified atom stereocenters. The number of ether oxygens (including phenoxy) is 3. The lowest BCUT2D eigenvalue weighted by Gasteiger charge is -2.12. The van der Waals surface area contributed by atoms with Crippen LogP contribution in [-0.4, -0.2) is 38.9 Å². The van der Waals surface area contributed by atoms with Gasteiger partial charge in [-0.15, -0.1) is 0 Å². The maximum atomic E-state index is 12.1. The van der Waals surface area contributed by atoms with Crippen LogP contribution in [0.3, 0.4) is 0 Å². The largest absolute Gasteiger partial charge is 0.495 e. The minimum atomic E-state index is -0.376. The molecule has 2 aromatic rings. The summed E-state index contributed by atoms with van der Waals surface area (Å²) in [5.41, 5.74) is 3.67. The summed E-state index contributed by atoms with van der Waals surface area (Å²) in [5, 5.41) is 6.65. The third kappa shape index (κ3) is 6.77. The molecule has 30 heavy (non-hydrogen) atoms. The molecule has 0 aromatic heterocycles. The summed E-state index contributed by atoms with van der Waals surface area (Å²) in [6, 6.07) is 10.6. The Hall–Kier alpha value is -3.07. The highest BCUT2D eigenvalue weighted by atomic mass is 79.9. The number of methoxy groups -OCH3 is 2. The normalized spacial score (nSPS) is 10.5. The Bertz CT molecular complexity index is 918. The Balaban J connectivity index is 1.86. The number of rotatable bonds is 10. The van der Waals surface area contributed by atoms with Gasteiger partial charge >= 0.3 is 0 Å². The molecule has 0 saturated carbocycles. The average molecular weight is 478 g/mol. The minimum Gasteiger partial charge on any atom is -0.495 e. The van der Waals surface area contributed by atoms with Crippen molar-refractivity contribution >= 4 is 39.6 Å². The molecule has 2 aromatic carbocycles. The summed E-state index contributed by atoms with van der Waals surface area (Å²) in [6.07, 6.45) is 1.49. The van der Waals surface area contributed by atoms with E-state index >= 15 is 0 Å². The van der Waals surface area contributed by atoms with Gasteiger partial charge in [0, 0.05) is 12.8 Å². The predicted molar refractivity (Wildman–Crippen MR) is 118 cm³/mol. The van der Waals surface area contributed by atoms with Gasteiger partial charge in [-0.05, 0) is 52.7 Å². The Morgan fingerprint density at radius 1 is 1.07 bits per heavy atom. The van der Waals surface area contributed by atoms with Crippen LogP contribution in [0.25, 0.3) is 0 Å².